The third-order valence-electron chi connectivity index (χ3n) is 4.26. The van der Waals surface area contributed by atoms with E-state index in [1.807, 2.05) is 65.4 Å². The summed E-state index contributed by atoms with van der Waals surface area (Å²) < 4.78 is 6.79. The molecule has 0 fully saturated rings. The van der Waals surface area contributed by atoms with Crippen molar-refractivity contribution in [3.8, 4) is 16.4 Å². The van der Waals surface area contributed by atoms with Crippen LogP contribution in [0.2, 0.25) is 0 Å². The minimum Gasteiger partial charge on any atom is -0.450 e. The first-order chi connectivity index (χ1) is 14.6. The van der Waals surface area contributed by atoms with Crippen LogP contribution in [0.4, 0.5) is 0 Å². The molecule has 0 radical (unpaired) electrons. The van der Waals surface area contributed by atoms with E-state index in [4.69, 9.17) is 4.74 Å². The summed E-state index contributed by atoms with van der Waals surface area (Å²) in [6, 6.07) is 17.1. The Morgan fingerprint density at radius 1 is 1.03 bits per heavy atom. The Balaban J connectivity index is 1.48. The van der Waals surface area contributed by atoms with Crippen molar-refractivity contribution < 1.29 is 14.3 Å². The number of amides is 1. The summed E-state index contributed by atoms with van der Waals surface area (Å²) in [6.07, 6.45) is 0. The van der Waals surface area contributed by atoms with Crippen molar-refractivity contribution in [2.45, 2.75) is 6.54 Å². The van der Waals surface area contributed by atoms with Gasteiger partial charge in [-0.1, -0.05) is 30.3 Å². The predicted octanol–water partition coefficient (Wildman–Crippen LogP) is 3.87. The van der Waals surface area contributed by atoms with Gasteiger partial charge in [-0.25, -0.2) is 9.48 Å². The Morgan fingerprint density at radius 2 is 1.80 bits per heavy atom. The zero-order valence-corrected chi connectivity index (χ0v) is 17.7. The van der Waals surface area contributed by atoms with Crippen LogP contribution in [0.25, 0.3) is 16.4 Å². The van der Waals surface area contributed by atoms with Crippen molar-refractivity contribution in [2.75, 3.05) is 13.7 Å². The summed E-state index contributed by atoms with van der Waals surface area (Å²) in [4.78, 5) is 32.6. The molecule has 3 aromatic heterocycles. The lowest BCUT2D eigenvalue weighted by molar-refractivity contribution is -0.133. The molecular weight excluding hydrogens is 420 g/mol. The van der Waals surface area contributed by atoms with Gasteiger partial charge in [0.25, 0.3) is 11.7 Å². The van der Waals surface area contributed by atoms with Crippen molar-refractivity contribution in [1.82, 2.24) is 19.7 Å². The number of benzene rings is 1. The summed E-state index contributed by atoms with van der Waals surface area (Å²) in [7, 11) is 1.67. The fourth-order valence-electron chi connectivity index (χ4n) is 2.74. The Morgan fingerprint density at radius 3 is 2.50 bits per heavy atom. The highest BCUT2D eigenvalue weighted by Crippen LogP contribution is 2.25. The van der Waals surface area contributed by atoms with Crippen LogP contribution in [0.1, 0.15) is 15.5 Å². The van der Waals surface area contributed by atoms with E-state index in [2.05, 4.69) is 10.1 Å². The summed E-state index contributed by atoms with van der Waals surface area (Å²) in [5.74, 6) is -0.571. The van der Waals surface area contributed by atoms with Crippen molar-refractivity contribution in [3.63, 3.8) is 0 Å². The van der Waals surface area contributed by atoms with Crippen LogP contribution in [0, 0.1) is 0 Å². The van der Waals surface area contributed by atoms with Gasteiger partial charge in [0.05, 0.1) is 17.1 Å². The minimum atomic E-state index is -0.736. The number of likely N-dealkylation sites (N-methyl/N-ethyl adjacent to an activating group) is 1. The average Bonchev–Trinajstić information content (AvgIpc) is 3.53. The SMILES string of the molecule is CN(Cc1cccs1)C(=O)COC(=O)c1nc(-c2cccs2)n(-c2ccccc2)n1. The smallest absolute Gasteiger partial charge is 0.378 e. The van der Waals surface area contributed by atoms with Crippen LogP contribution < -0.4 is 0 Å². The van der Waals surface area contributed by atoms with Crippen LogP contribution in [0.15, 0.2) is 65.4 Å². The number of nitrogens with zero attached hydrogens (tertiary/aromatic N) is 4. The van der Waals surface area contributed by atoms with E-state index < -0.39 is 5.97 Å². The van der Waals surface area contributed by atoms with Crippen molar-refractivity contribution in [1.29, 1.82) is 0 Å². The maximum atomic E-state index is 12.5. The van der Waals surface area contributed by atoms with Gasteiger partial charge in [-0.15, -0.1) is 27.8 Å². The van der Waals surface area contributed by atoms with Gasteiger partial charge < -0.3 is 9.64 Å². The number of carbonyl (C=O) groups excluding carboxylic acids is 2. The van der Waals surface area contributed by atoms with Gasteiger partial charge >= 0.3 is 5.97 Å². The van der Waals surface area contributed by atoms with Gasteiger partial charge in [-0.3, -0.25) is 4.79 Å². The highest BCUT2D eigenvalue weighted by atomic mass is 32.1. The normalized spacial score (nSPS) is 10.7. The second-order valence-electron chi connectivity index (χ2n) is 6.39. The fraction of sp³-hybridized carbons (Fsp3) is 0.143. The number of hydrogen-bond acceptors (Lipinski definition) is 7. The predicted molar refractivity (Wildman–Crippen MR) is 116 cm³/mol. The zero-order chi connectivity index (χ0) is 20.9. The molecule has 9 heteroatoms. The molecule has 0 aliphatic carbocycles. The summed E-state index contributed by atoms with van der Waals surface area (Å²) in [6.45, 7) is 0.104. The van der Waals surface area contributed by atoms with E-state index in [0.29, 0.717) is 12.4 Å². The molecule has 0 N–H and O–H groups in total. The lowest BCUT2D eigenvalue weighted by Crippen LogP contribution is -2.30. The average molecular weight is 439 g/mol. The monoisotopic (exact) mass is 438 g/mol. The van der Waals surface area contributed by atoms with Gasteiger partial charge in [0.1, 0.15) is 0 Å². The van der Waals surface area contributed by atoms with Crippen LogP contribution in [-0.2, 0) is 16.1 Å². The summed E-state index contributed by atoms with van der Waals surface area (Å²) in [5.41, 5.74) is 0.777. The first-order valence-corrected chi connectivity index (χ1v) is 10.9. The number of thiophene rings is 2. The molecule has 152 valence electrons. The highest BCUT2D eigenvalue weighted by Gasteiger charge is 2.22. The molecule has 0 unspecified atom stereocenters. The maximum absolute atomic E-state index is 12.5. The lowest BCUT2D eigenvalue weighted by Gasteiger charge is -2.15. The topological polar surface area (TPSA) is 77.3 Å². The molecule has 4 rings (SSSR count). The van der Waals surface area contributed by atoms with Crippen LogP contribution >= 0.6 is 22.7 Å². The molecule has 1 amide bonds. The van der Waals surface area contributed by atoms with Crippen LogP contribution in [0.3, 0.4) is 0 Å². The molecular formula is C21H18N4O3S2. The molecule has 0 aliphatic rings. The number of rotatable bonds is 7. The summed E-state index contributed by atoms with van der Waals surface area (Å²) >= 11 is 3.07. The Hall–Kier alpha value is -3.30. The highest BCUT2D eigenvalue weighted by molar-refractivity contribution is 7.13. The number of hydrogen-bond donors (Lipinski definition) is 0. The molecule has 0 spiro atoms. The van der Waals surface area contributed by atoms with E-state index in [9.17, 15) is 9.59 Å². The lowest BCUT2D eigenvalue weighted by atomic mass is 10.3. The van der Waals surface area contributed by atoms with Gasteiger partial charge in [-0.05, 0) is 35.0 Å². The molecule has 0 saturated carbocycles. The standard InChI is InChI=1S/C21H18N4O3S2/c1-24(13-16-9-5-11-29-16)18(26)14-28-21(27)19-22-20(17-10-6-12-30-17)25(23-19)15-7-3-2-4-8-15/h2-12H,13-14H2,1H3. The van der Waals surface area contributed by atoms with Crippen molar-refractivity contribution in [3.05, 3.63) is 76.1 Å². The minimum absolute atomic E-state index is 0.0871. The second-order valence-corrected chi connectivity index (χ2v) is 8.37. The first-order valence-electron chi connectivity index (χ1n) is 9.11. The first kappa shape index (κ1) is 20.0. The van der Waals surface area contributed by atoms with Gasteiger partial charge in [-0.2, -0.15) is 4.98 Å². The van der Waals surface area contributed by atoms with Gasteiger partial charge in [0.2, 0.25) is 0 Å². The molecule has 30 heavy (non-hydrogen) atoms. The number of ether oxygens (including phenoxy) is 1. The van der Waals surface area contributed by atoms with E-state index >= 15 is 0 Å². The van der Waals surface area contributed by atoms with Crippen molar-refractivity contribution in [2.24, 2.45) is 0 Å². The number of carbonyl (C=O) groups is 2. The van der Waals surface area contributed by atoms with Crippen LogP contribution in [-0.4, -0.2) is 45.2 Å². The molecule has 1 aromatic carbocycles. The van der Waals surface area contributed by atoms with E-state index in [1.54, 1.807) is 23.1 Å². The summed E-state index contributed by atoms with van der Waals surface area (Å²) in [5, 5.41) is 8.22. The van der Waals surface area contributed by atoms with E-state index in [0.717, 1.165) is 15.4 Å². The molecule has 7 nitrogen and oxygen atoms in total. The fourth-order valence-corrected chi connectivity index (χ4v) is 4.20. The Kier molecular flexibility index (Phi) is 6.01. The van der Waals surface area contributed by atoms with E-state index in [1.165, 1.54) is 16.2 Å². The molecule has 0 atom stereocenters. The third kappa shape index (κ3) is 4.47. The molecule has 0 bridgehead atoms. The second kappa shape index (κ2) is 9.02. The van der Waals surface area contributed by atoms with Gasteiger partial charge in [0.15, 0.2) is 12.4 Å². The van der Waals surface area contributed by atoms with Gasteiger partial charge in [0, 0.05) is 11.9 Å². The molecule has 4 aromatic rings. The van der Waals surface area contributed by atoms with E-state index in [-0.39, 0.29) is 18.3 Å². The number of esters is 1. The third-order valence-corrected chi connectivity index (χ3v) is 5.98. The number of para-hydroxylation sites is 1. The number of aromatic nitrogens is 3. The largest absolute Gasteiger partial charge is 0.450 e. The molecule has 0 aliphatic heterocycles. The Labute approximate surface area is 181 Å². The maximum Gasteiger partial charge on any atom is 0.378 e. The Bertz CT molecular complexity index is 1120. The zero-order valence-electron chi connectivity index (χ0n) is 16.1. The van der Waals surface area contributed by atoms with Crippen LogP contribution in [0.5, 0.6) is 0 Å². The van der Waals surface area contributed by atoms with Crippen molar-refractivity contribution >= 4 is 34.6 Å². The quantitative estimate of drug-likeness (QED) is 0.409. The molecule has 0 saturated heterocycles. The molecule has 3 heterocycles.